The Kier molecular flexibility index (Phi) is 6.50. The van der Waals surface area contributed by atoms with Crippen LogP contribution in [-0.2, 0) is 13.1 Å². The first kappa shape index (κ1) is 18.8. The molecule has 0 radical (unpaired) electrons. The summed E-state index contributed by atoms with van der Waals surface area (Å²) >= 11 is 0. The molecular weight excluding hydrogens is 310 g/mol. The molecule has 3 atom stereocenters. The van der Waals surface area contributed by atoms with Gasteiger partial charge in [0.15, 0.2) is 0 Å². The van der Waals surface area contributed by atoms with Gasteiger partial charge in [0.05, 0.1) is 6.10 Å². The van der Waals surface area contributed by atoms with Crippen molar-refractivity contribution in [3.63, 3.8) is 0 Å². The van der Waals surface area contributed by atoms with E-state index in [9.17, 15) is 5.11 Å². The van der Waals surface area contributed by atoms with E-state index in [4.69, 9.17) is 0 Å². The van der Waals surface area contributed by atoms with Crippen LogP contribution in [0.4, 0.5) is 0 Å². The Morgan fingerprint density at radius 3 is 2.52 bits per heavy atom. The normalized spacial score (nSPS) is 29.8. The molecule has 2 saturated heterocycles. The number of aliphatic hydroxyl groups excluding tert-OH is 1. The molecule has 0 spiro atoms. The molecule has 2 aliphatic rings. The van der Waals surface area contributed by atoms with Crippen molar-refractivity contribution < 1.29 is 5.11 Å². The quantitative estimate of drug-likeness (QED) is 0.860. The van der Waals surface area contributed by atoms with Crippen LogP contribution in [0.1, 0.15) is 44.2 Å². The van der Waals surface area contributed by atoms with E-state index in [1.165, 1.54) is 24.1 Å². The number of benzene rings is 1. The van der Waals surface area contributed by atoms with Gasteiger partial charge in [0.2, 0.25) is 0 Å². The highest BCUT2D eigenvalue weighted by atomic mass is 16.3. The summed E-state index contributed by atoms with van der Waals surface area (Å²) in [6.07, 6.45) is 2.95. The van der Waals surface area contributed by atoms with Crippen LogP contribution in [-0.4, -0.2) is 59.8 Å². The van der Waals surface area contributed by atoms with Crippen LogP contribution >= 0.6 is 0 Å². The lowest BCUT2D eigenvalue weighted by Crippen LogP contribution is -2.50. The van der Waals surface area contributed by atoms with Crippen LogP contribution in [0.2, 0.25) is 0 Å². The third kappa shape index (κ3) is 5.04. The van der Waals surface area contributed by atoms with Gasteiger partial charge in [0.25, 0.3) is 0 Å². The fourth-order valence-corrected chi connectivity index (χ4v) is 4.27. The molecule has 4 heteroatoms. The number of hydrogen-bond acceptors (Lipinski definition) is 4. The largest absolute Gasteiger partial charge is 0.393 e. The molecule has 1 aromatic carbocycles. The molecule has 0 saturated carbocycles. The van der Waals surface area contributed by atoms with Gasteiger partial charge in [-0.05, 0) is 50.3 Å². The first-order valence-corrected chi connectivity index (χ1v) is 9.93. The molecule has 2 fully saturated rings. The highest BCUT2D eigenvalue weighted by molar-refractivity contribution is 5.27. The molecule has 0 amide bonds. The minimum absolute atomic E-state index is 0.0962. The summed E-state index contributed by atoms with van der Waals surface area (Å²) in [6.45, 7) is 9.85. The lowest BCUT2D eigenvalue weighted by molar-refractivity contribution is 0.0790. The van der Waals surface area contributed by atoms with Crippen molar-refractivity contribution in [2.24, 2.45) is 5.92 Å². The van der Waals surface area contributed by atoms with Crippen LogP contribution < -0.4 is 5.32 Å². The maximum Gasteiger partial charge on any atom is 0.0564 e. The highest BCUT2D eigenvalue weighted by Gasteiger charge is 2.28. The Hall–Kier alpha value is -0.940. The maximum atomic E-state index is 9.70. The number of nitrogens with zero attached hydrogens (tertiary/aromatic N) is 2. The molecule has 0 aliphatic carbocycles. The summed E-state index contributed by atoms with van der Waals surface area (Å²) in [7, 11) is 2.24. The van der Waals surface area contributed by atoms with Crippen molar-refractivity contribution in [1.29, 1.82) is 0 Å². The molecule has 0 aromatic heterocycles. The van der Waals surface area contributed by atoms with E-state index in [0.717, 1.165) is 39.0 Å². The Morgan fingerprint density at radius 2 is 1.80 bits per heavy atom. The molecular formula is C21H35N3O. The number of rotatable bonds is 5. The van der Waals surface area contributed by atoms with Crippen LogP contribution in [0, 0.1) is 5.92 Å². The van der Waals surface area contributed by atoms with Crippen molar-refractivity contribution in [2.75, 3.05) is 26.7 Å². The van der Waals surface area contributed by atoms with Gasteiger partial charge >= 0.3 is 0 Å². The fourth-order valence-electron chi connectivity index (χ4n) is 4.27. The van der Waals surface area contributed by atoms with Gasteiger partial charge < -0.3 is 15.3 Å². The third-order valence-electron chi connectivity index (χ3n) is 6.23. The zero-order valence-electron chi connectivity index (χ0n) is 16.1. The van der Waals surface area contributed by atoms with Gasteiger partial charge in [0, 0.05) is 44.8 Å². The fraction of sp³-hybridized carbons (Fsp3) is 0.714. The Bertz CT molecular complexity index is 542. The second-order valence-corrected chi connectivity index (χ2v) is 8.27. The van der Waals surface area contributed by atoms with Crippen molar-refractivity contribution in [2.45, 2.75) is 64.4 Å². The summed E-state index contributed by atoms with van der Waals surface area (Å²) in [6, 6.07) is 10.1. The second-order valence-electron chi connectivity index (χ2n) is 8.27. The average molecular weight is 346 g/mol. The molecule has 2 aliphatic heterocycles. The summed E-state index contributed by atoms with van der Waals surface area (Å²) < 4.78 is 0. The van der Waals surface area contributed by atoms with Crippen LogP contribution in [0.25, 0.3) is 0 Å². The van der Waals surface area contributed by atoms with Crippen molar-refractivity contribution in [3.8, 4) is 0 Å². The zero-order chi connectivity index (χ0) is 17.8. The van der Waals surface area contributed by atoms with Gasteiger partial charge in [-0.25, -0.2) is 0 Å². The van der Waals surface area contributed by atoms with E-state index in [0.29, 0.717) is 18.0 Å². The van der Waals surface area contributed by atoms with Gasteiger partial charge in [-0.3, -0.25) is 4.90 Å². The van der Waals surface area contributed by atoms with Gasteiger partial charge in [-0.2, -0.15) is 0 Å². The molecule has 3 rings (SSSR count). The van der Waals surface area contributed by atoms with Crippen molar-refractivity contribution >= 4 is 0 Å². The third-order valence-corrected chi connectivity index (χ3v) is 6.23. The summed E-state index contributed by atoms with van der Waals surface area (Å²) in [4.78, 5) is 4.95. The number of nitrogens with one attached hydrogen (secondary N) is 1. The molecule has 2 heterocycles. The second kappa shape index (κ2) is 8.63. The van der Waals surface area contributed by atoms with Crippen LogP contribution in [0.15, 0.2) is 24.3 Å². The maximum absolute atomic E-state index is 9.70. The van der Waals surface area contributed by atoms with E-state index in [-0.39, 0.29) is 6.10 Å². The number of aliphatic hydroxyl groups is 1. The molecule has 0 bridgehead atoms. The molecule has 2 N–H and O–H groups in total. The number of piperidine rings is 2. The highest BCUT2D eigenvalue weighted by Crippen LogP contribution is 2.22. The Balaban J connectivity index is 1.57. The lowest BCUT2D eigenvalue weighted by Gasteiger charge is -2.40. The molecule has 3 unspecified atom stereocenters. The van der Waals surface area contributed by atoms with Crippen LogP contribution in [0.3, 0.4) is 0 Å². The predicted molar refractivity (Wildman–Crippen MR) is 103 cm³/mol. The average Bonchev–Trinajstić information content (AvgIpc) is 2.60. The standard InChI is InChI=1S/C21H35N3O/c1-16-14-23(3)17(2)12-21(16)22-13-18-6-4-5-7-19(18)15-24-10-8-20(25)9-11-24/h4-7,16-17,20-22,25H,8-15H2,1-3H3. The molecule has 1 aromatic rings. The van der Waals surface area contributed by atoms with E-state index in [1.54, 1.807) is 0 Å². The van der Waals surface area contributed by atoms with Crippen LogP contribution in [0.5, 0.6) is 0 Å². The van der Waals surface area contributed by atoms with Gasteiger partial charge in [-0.15, -0.1) is 0 Å². The smallest absolute Gasteiger partial charge is 0.0564 e. The SMILES string of the molecule is CC1CN(C)C(C)CC1NCc1ccccc1CN1CCC(O)CC1. The van der Waals surface area contributed by atoms with E-state index < -0.39 is 0 Å². The zero-order valence-corrected chi connectivity index (χ0v) is 16.1. The molecule has 140 valence electrons. The van der Waals surface area contributed by atoms with Gasteiger partial charge in [-0.1, -0.05) is 31.2 Å². The lowest BCUT2D eigenvalue weighted by atomic mass is 9.89. The van der Waals surface area contributed by atoms with E-state index in [1.807, 2.05) is 0 Å². The van der Waals surface area contributed by atoms with Gasteiger partial charge in [0.1, 0.15) is 0 Å². The summed E-state index contributed by atoms with van der Waals surface area (Å²) in [5.41, 5.74) is 2.85. The summed E-state index contributed by atoms with van der Waals surface area (Å²) in [5.74, 6) is 0.692. The topological polar surface area (TPSA) is 38.7 Å². The summed E-state index contributed by atoms with van der Waals surface area (Å²) in [5, 5.41) is 13.5. The molecule has 4 nitrogen and oxygen atoms in total. The molecule has 25 heavy (non-hydrogen) atoms. The predicted octanol–water partition coefficient (Wildman–Crippen LogP) is 2.46. The Morgan fingerprint density at radius 1 is 1.12 bits per heavy atom. The minimum atomic E-state index is -0.0962. The Labute approximate surface area is 153 Å². The number of likely N-dealkylation sites (tertiary alicyclic amines) is 2. The van der Waals surface area contributed by atoms with E-state index in [2.05, 4.69) is 60.3 Å². The first-order valence-electron chi connectivity index (χ1n) is 9.93. The van der Waals surface area contributed by atoms with E-state index >= 15 is 0 Å². The minimum Gasteiger partial charge on any atom is -0.393 e. The van der Waals surface area contributed by atoms with Crippen molar-refractivity contribution in [3.05, 3.63) is 35.4 Å². The monoisotopic (exact) mass is 345 g/mol. The number of hydrogen-bond donors (Lipinski definition) is 2. The first-order chi connectivity index (χ1) is 12.0. The van der Waals surface area contributed by atoms with Crippen molar-refractivity contribution in [1.82, 2.24) is 15.1 Å².